The fraction of sp³-hybridized carbons (Fsp3) is 0.500. The van der Waals surface area contributed by atoms with E-state index in [0.29, 0.717) is 43.4 Å². The van der Waals surface area contributed by atoms with Crippen molar-refractivity contribution in [2.45, 2.75) is 19.9 Å². The summed E-state index contributed by atoms with van der Waals surface area (Å²) in [4.78, 5) is 12.2. The van der Waals surface area contributed by atoms with Crippen LogP contribution in [0.25, 0.3) is 11.4 Å². The third kappa shape index (κ3) is 5.72. The van der Waals surface area contributed by atoms with Gasteiger partial charge in [0.25, 0.3) is 0 Å². The number of rotatable bonds is 8. The van der Waals surface area contributed by atoms with Crippen LogP contribution in [-0.4, -0.2) is 72.0 Å². The van der Waals surface area contributed by atoms with E-state index in [1.165, 1.54) is 4.31 Å². The van der Waals surface area contributed by atoms with E-state index >= 15 is 0 Å². The molecule has 2 N–H and O–H groups in total. The number of hydrogen-bond acceptors (Lipinski definition) is 6. The molecule has 0 radical (unpaired) electrons. The summed E-state index contributed by atoms with van der Waals surface area (Å²) in [7, 11) is -3.39. The highest BCUT2D eigenvalue weighted by Crippen LogP contribution is 2.18. The van der Waals surface area contributed by atoms with Gasteiger partial charge >= 0.3 is 0 Å². The lowest BCUT2D eigenvalue weighted by Crippen LogP contribution is -2.43. The molecule has 0 spiro atoms. The Labute approximate surface area is 175 Å². The molecule has 29 heavy (non-hydrogen) atoms. The number of benzene rings is 1. The molecule has 158 valence electrons. The number of morpholine rings is 1. The summed E-state index contributed by atoms with van der Waals surface area (Å²) in [5, 5.41) is 9.71. The summed E-state index contributed by atoms with van der Waals surface area (Å²) in [6, 6.07) is 7.87. The summed E-state index contributed by atoms with van der Waals surface area (Å²) in [6.07, 6.45) is 0.171. The van der Waals surface area contributed by atoms with E-state index in [-0.39, 0.29) is 24.6 Å². The number of sulfonamides is 1. The fourth-order valence-corrected chi connectivity index (χ4v) is 4.65. The molecule has 0 aliphatic carbocycles. The second-order valence-corrected chi connectivity index (χ2v) is 9.28. The van der Waals surface area contributed by atoms with E-state index < -0.39 is 10.0 Å². The highest BCUT2D eigenvalue weighted by atomic mass is 32.2. The van der Waals surface area contributed by atoms with Gasteiger partial charge in [-0.1, -0.05) is 23.8 Å². The van der Waals surface area contributed by atoms with Gasteiger partial charge in [0.15, 0.2) is 10.6 Å². The summed E-state index contributed by atoms with van der Waals surface area (Å²) in [5.74, 6) is 0.306. The van der Waals surface area contributed by atoms with Gasteiger partial charge in [-0.3, -0.25) is 14.5 Å². The predicted octanol–water partition coefficient (Wildman–Crippen LogP) is 1.08. The van der Waals surface area contributed by atoms with E-state index in [9.17, 15) is 13.2 Å². The van der Waals surface area contributed by atoms with Crippen molar-refractivity contribution in [2.24, 2.45) is 0 Å². The van der Waals surface area contributed by atoms with Gasteiger partial charge in [0.05, 0.1) is 19.0 Å². The Bertz CT molecular complexity index is 1010. The maximum Gasteiger partial charge on any atom is 0.221 e. The Morgan fingerprint density at radius 3 is 2.83 bits per heavy atom. The quantitative estimate of drug-likeness (QED) is 0.596. The van der Waals surface area contributed by atoms with Crippen LogP contribution < -0.4 is 5.32 Å². The predicted molar refractivity (Wildman–Crippen MR) is 111 cm³/mol. The molecule has 1 aromatic carbocycles. The minimum absolute atomic E-state index is 0.0695. The van der Waals surface area contributed by atoms with Crippen LogP contribution in [0, 0.1) is 11.7 Å². The van der Waals surface area contributed by atoms with Crippen molar-refractivity contribution >= 4 is 28.1 Å². The summed E-state index contributed by atoms with van der Waals surface area (Å²) < 4.78 is 33.3. The van der Waals surface area contributed by atoms with E-state index in [1.54, 1.807) is 4.57 Å². The summed E-state index contributed by atoms with van der Waals surface area (Å²) in [6.45, 7) is 3.93. The van der Waals surface area contributed by atoms with Crippen LogP contribution >= 0.6 is 12.2 Å². The number of aromatic amines is 1. The van der Waals surface area contributed by atoms with Gasteiger partial charge in [0.2, 0.25) is 15.9 Å². The number of nitrogens with zero attached hydrogens (tertiary/aromatic N) is 3. The number of hydrogen-bond donors (Lipinski definition) is 2. The Balaban J connectivity index is 1.52. The maximum absolute atomic E-state index is 12.3. The average Bonchev–Trinajstić information content (AvgIpc) is 3.07. The van der Waals surface area contributed by atoms with Crippen LogP contribution in [-0.2, 0) is 26.1 Å². The van der Waals surface area contributed by atoms with Gasteiger partial charge in [-0.25, -0.2) is 8.42 Å². The molecular weight excluding hydrogens is 414 g/mol. The highest BCUT2D eigenvalue weighted by Gasteiger charge is 2.24. The Morgan fingerprint density at radius 2 is 2.10 bits per heavy atom. The maximum atomic E-state index is 12.3. The lowest BCUT2D eigenvalue weighted by Gasteiger charge is -2.26. The zero-order valence-corrected chi connectivity index (χ0v) is 17.9. The molecule has 2 heterocycles. The topological polar surface area (TPSA) is 109 Å². The molecule has 1 amide bonds. The molecule has 1 fully saturated rings. The molecule has 0 atom stereocenters. The molecule has 11 heteroatoms. The standard InChI is InChI=1S/C18H25N5O4S2/c1-14-3-2-4-15(13-14)17-20-21-18(28)23(17)7-5-16(24)19-6-12-29(25,26)22-8-10-27-11-9-22/h2-4,13H,5-12H2,1H3,(H,19,24)(H,21,28). The minimum Gasteiger partial charge on any atom is -0.379 e. The fourth-order valence-electron chi connectivity index (χ4n) is 3.10. The Morgan fingerprint density at radius 1 is 1.34 bits per heavy atom. The van der Waals surface area contributed by atoms with Crippen molar-refractivity contribution in [3.05, 3.63) is 34.6 Å². The minimum atomic E-state index is -3.39. The second kappa shape index (κ2) is 9.61. The summed E-state index contributed by atoms with van der Waals surface area (Å²) in [5.41, 5.74) is 2.01. The van der Waals surface area contributed by atoms with Gasteiger partial charge in [-0.2, -0.15) is 9.40 Å². The first-order valence-electron chi connectivity index (χ1n) is 9.41. The average molecular weight is 440 g/mol. The molecule has 1 aromatic heterocycles. The smallest absolute Gasteiger partial charge is 0.221 e. The first-order valence-corrected chi connectivity index (χ1v) is 11.4. The zero-order valence-electron chi connectivity index (χ0n) is 16.3. The number of aromatic nitrogens is 3. The van der Waals surface area contributed by atoms with E-state index in [0.717, 1.165) is 11.1 Å². The zero-order chi connectivity index (χ0) is 20.9. The van der Waals surface area contributed by atoms with Crippen LogP contribution in [0.1, 0.15) is 12.0 Å². The van der Waals surface area contributed by atoms with Crippen LogP contribution in [0.3, 0.4) is 0 Å². The second-order valence-electron chi connectivity index (χ2n) is 6.80. The van der Waals surface area contributed by atoms with Crippen LogP contribution in [0.4, 0.5) is 0 Å². The summed E-state index contributed by atoms with van der Waals surface area (Å²) >= 11 is 5.28. The van der Waals surface area contributed by atoms with Gasteiger partial charge in [0, 0.05) is 38.2 Å². The number of carbonyl (C=O) groups excluding carboxylic acids is 1. The van der Waals surface area contributed by atoms with Crippen molar-refractivity contribution in [2.75, 3.05) is 38.6 Å². The number of H-pyrrole nitrogens is 1. The molecule has 1 aliphatic rings. The molecule has 1 aliphatic heterocycles. The van der Waals surface area contributed by atoms with Crippen molar-refractivity contribution < 1.29 is 17.9 Å². The molecule has 0 saturated carbocycles. The number of nitrogens with one attached hydrogen (secondary N) is 2. The lowest BCUT2D eigenvalue weighted by atomic mass is 10.1. The van der Waals surface area contributed by atoms with Crippen LogP contribution in [0.15, 0.2) is 24.3 Å². The number of ether oxygens (including phenoxy) is 1. The molecule has 9 nitrogen and oxygen atoms in total. The van der Waals surface area contributed by atoms with E-state index in [2.05, 4.69) is 15.5 Å². The van der Waals surface area contributed by atoms with Crippen LogP contribution in [0.2, 0.25) is 0 Å². The number of aryl methyl sites for hydroxylation is 1. The monoisotopic (exact) mass is 439 g/mol. The largest absolute Gasteiger partial charge is 0.379 e. The first kappa shape index (κ1) is 21.6. The first-order chi connectivity index (χ1) is 13.9. The van der Waals surface area contributed by atoms with Crippen LogP contribution in [0.5, 0.6) is 0 Å². The van der Waals surface area contributed by atoms with Gasteiger partial charge in [-0.15, -0.1) is 0 Å². The molecular formula is C18H25N5O4S2. The third-order valence-corrected chi connectivity index (χ3v) is 6.83. The van der Waals surface area contributed by atoms with Gasteiger partial charge in [0.1, 0.15) is 0 Å². The molecule has 0 bridgehead atoms. The van der Waals surface area contributed by atoms with Crippen molar-refractivity contribution in [3.8, 4) is 11.4 Å². The SMILES string of the molecule is Cc1cccc(-c2n[nH]c(=S)n2CCC(=O)NCCS(=O)(=O)N2CCOCC2)c1. The normalized spacial score (nSPS) is 15.3. The molecule has 0 unspecified atom stereocenters. The number of amides is 1. The highest BCUT2D eigenvalue weighted by molar-refractivity contribution is 7.89. The Kier molecular flexibility index (Phi) is 7.17. The van der Waals surface area contributed by atoms with Crippen molar-refractivity contribution in [1.82, 2.24) is 24.4 Å². The number of carbonyl (C=O) groups is 1. The molecule has 3 rings (SSSR count). The van der Waals surface area contributed by atoms with E-state index in [1.807, 2.05) is 31.2 Å². The van der Waals surface area contributed by atoms with Crippen molar-refractivity contribution in [3.63, 3.8) is 0 Å². The lowest BCUT2D eigenvalue weighted by molar-refractivity contribution is -0.121. The van der Waals surface area contributed by atoms with Gasteiger partial charge in [-0.05, 0) is 25.2 Å². The van der Waals surface area contributed by atoms with Crippen molar-refractivity contribution in [1.29, 1.82) is 0 Å². The third-order valence-electron chi connectivity index (χ3n) is 4.64. The molecule has 2 aromatic rings. The van der Waals surface area contributed by atoms with Gasteiger partial charge < -0.3 is 10.1 Å². The molecule has 1 saturated heterocycles. The Hall–Kier alpha value is -2.08. The van der Waals surface area contributed by atoms with E-state index in [4.69, 9.17) is 17.0 Å².